The maximum atomic E-state index is 13.9. The van der Waals surface area contributed by atoms with Gasteiger partial charge in [-0.15, -0.1) is 0 Å². The summed E-state index contributed by atoms with van der Waals surface area (Å²) in [6, 6.07) is 10.6. The normalized spacial score (nSPS) is 24.8. The standard InChI is InChI=1S/C27H38N5O8P/c1-5-18(6-2)14-37-26(35)17(3)31-41(36,40-19-10-8-7-9-11-19)38-15-21-23(33)24(34)27(4,39-21)22-13-12-20-25(28)29-16-30-32(20)22/h7-13,16-18,21,23-24,33-34H,5-6,14-15H2,1-4H3,(H,31,36)(H2,28,29,30)/t17-,21+,23+,24+,27-,41+/m0/s1. The lowest BCUT2D eigenvalue weighted by molar-refractivity contribution is -0.146. The zero-order chi connectivity index (χ0) is 29.8. The Bertz CT molecular complexity index is 1370. The van der Waals surface area contributed by atoms with Crippen LogP contribution in [-0.4, -0.2) is 68.3 Å². The third-order valence-corrected chi connectivity index (χ3v) is 9.00. The Kier molecular flexibility index (Phi) is 9.68. The number of anilines is 1. The number of nitrogen functional groups attached to an aromatic ring is 1. The van der Waals surface area contributed by atoms with Crippen LogP contribution in [0.5, 0.6) is 5.75 Å². The van der Waals surface area contributed by atoms with Crippen molar-refractivity contribution < 1.29 is 38.1 Å². The van der Waals surface area contributed by atoms with Gasteiger partial charge < -0.3 is 29.9 Å². The van der Waals surface area contributed by atoms with Crippen LogP contribution in [0.4, 0.5) is 5.82 Å². The maximum Gasteiger partial charge on any atom is 0.459 e. The minimum atomic E-state index is -4.22. The number of fused-ring (bicyclic) bond motifs is 1. The van der Waals surface area contributed by atoms with Crippen molar-refractivity contribution in [3.05, 3.63) is 54.5 Å². The molecule has 1 aliphatic heterocycles. The van der Waals surface area contributed by atoms with E-state index < -0.39 is 50.3 Å². The van der Waals surface area contributed by atoms with Crippen molar-refractivity contribution in [1.82, 2.24) is 19.7 Å². The van der Waals surface area contributed by atoms with Gasteiger partial charge in [-0.05, 0) is 44.0 Å². The molecule has 224 valence electrons. The second-order valence-corrected chi connectivity index (χ2v) is 11.9. The molecule has 0 saturated carbocycles. The van der Waals surface area contributed by atoms with Crippen LogP contribution in [0.15, 0.2) is 48.8 Å². The first kappa shape index (κ1) is 30.9. The summed E-state index contributed by atoms with van der Waals surface area (Å²) in [6.45, 7) is 6.92. The third kappa shape index (κ3) is 6.72. The van der Waals surface area contributed by atoms with Crippen molar-refractivity contribution in [2.45, 2.75) is 70.5 Å². The minimum absolute atomic E-state index is 0.220. The van der Waals surface area contributed by atoms with E-state index in [9.17, 15) is 19.6 Å². The summed E-state index contributed by atoms with van der Waals surface area (Å²) in [5.74, 6) is 0.0760. The van der Waals surface area contributed by atoms with E-state index in [4.69, 9.17) is 24.3 Å². The number of aliphatic hydroxyl groups excluding tert-OH is 2. The number of para-hydroxylation sites is 1. The highest BCUT2D eigenvalue weighted by Crippen LogP contribution is 2.47. The zero-order valence-electron chi connectivity index (χ0n) is 23.5. The van der Waals surface area contributed by atoms with E-state index in [-0.39, 0.29) is 24.1 Å². The van der Waals surface area contributed by atoms with Gasteiger partial charge in [-0.3, -0.25) is 9.32 Å². The number of esters is 1. The molecule has 41 heavy (non-hydrogen) atoms. The van der Waals surface area contributed by atoms with Gasteiger partial charge in [0.05, 0.1) is 18.9 Å². The van der Waals surface area contributed by atoms with Crippen molar-refractivity contribution in [3.8, 4) is 5.75 Å². The first-order chi connectivity index (χ1) is 19.5. The monoisotopic (exact) mass is 591 g/mol. The highest BCUT2D eigenvalue weighted by Gasteiger charge is 2.54. The lowest BCUT2D eigenvalue weighted by Crippen LogP contribution is -2.40. The zero-order valence-corrected chi connectivity index (χ0v) is 24.4. The van der Waals surface area contributed by atoms with Gasteiger partial charge in [-0.2, -0.15) is 10.2 Å². The SMILES string of the molecule is CCC(CC)COC(=O)[C@H](C)N[P@@](=O)(OC[C@H]1O[C@@](C)(c2ccc3c(N)ncnn23)[C@H](O)[C@@H]1O)Oc1ccccc1. The molecule has 0 aliphatic carbocycles. The van der Waals surface area contributed by atoms with Crippen molar-refractivity contribution in [1.29, 1.82) is 0 Å². The van der Waals surface area contributed by atoms with Gasteiger partial charge in [0, 0.05) is 0 Å². The average Bonchev–Trinajstić information content (AvgIpc) is 3.49. The lowest BCUT2D eigenvalue weighted by atomic mass is 9.93. The van der Waals surface area contributed by atoms with Crippen LogP contribution in [0.25, 0.3) is 5.52 Å². The first-order valence-electron chi connectivity index (χ1n) is 13.6. The van der Waals surface area contributed by atoms with Crippen molar-refractivity contribution in [2.24, 2.45) is 5.92 Å². The molecule has 0 radical (unpaired) electrons. The predicted octanol–water partition coefficient (Wildman–Crippen LogP) is 2.81. The number of hydrogen-bond acceptors (Lipinski definition) is 11. The van der Waals surface area contributed by atoms with Crippen LogP contribution in [0.2, 0.25) is 0 Å². The summed E-state index contributed by atoms with van der Waals surface area (Å²) < 4.78 is 38.3. The quantitative estimate of drug-likeness (QED) is 0.169. The fourth-order valence-corrected chi connectivity index (χ4v) is 6.18. The van der Waals surface area contributed by atoms with Gasteiger partial charge in [-0.25, -0.2) is 14.1 Å². The largest absolute Gasteiger partial charge is 0.464 e. The molecule has 0 amide bonds. The van der Waals surface area contributed by atoms with Crippen LogP contribution < -0.4 is 15.3 Å². The van der Waals surface area contributed by atoms with Gasteiger partial charge >= 0.3 is 13.7 Å². The Labute approximate surface area is 238 Å². The van der Waals surface area contributed by atoms with E-state index in [0.29, 0.717) is 11.2 Å². The molecule has 3 heterocycles. The Morgan fingerprint density at radius 3 is 2.61 bits per heavy atom. The van der Waals surface area contributed by atoms with E-state index in [1.807, 2.05) is 13.8 Å². The molecule has 0 spiro atoms. The van der Waals surface area contributed by atoms with Gasteiger partial charge in [0.2, 0.25) is 0 Å². The Morgan fingerprint density at radius 1 is 1.22 bits per heavy atom. The summed E-state index contributed by atoms with van der Waals surface area (Å²) in [5.41, 5.74) is 5.44. The first-order valence-corrected chi connectivity index (χ1v) is 15.1. The van der Waals surface area contributed by atoms with E-state index in [0.717, 1.165) is 12.8 Å². The van der Waals surface area contributed by atoms with Crippen LogP contribution in [-0.2, 0) is 29.0 Å². The van der Waals surface area contributed by atoms with Crippen LogP contribution >= 0.6 is 7.75 Å². The number of carbonyl (C=O) groups is 1. The van der Waals surface area contributed by atoms with Gasteiger partial charge in [0.25, 0.3) is 0 Å². The molecule has 2 aromatic heterocycles. The van der Waals surface area contributed by atoms with Crippen LogP contribution in [0.3, 0.4) is 0 Å². The van der Waals surface area contributed by atoms with Crippen molar-refractivity contribution in [2.75, 3.05) is 18.9 Å². The number of nitrogens with zero attached hydrogens (tertiary/aromatic N) is 3. The summed E-state index contributed by atoms with van der Waals surface area (Å²) in [5, 5.41) is 28.7. The number of nitrogens with two attached hydrogens (primary N) is 1. The predicted molar refractivity (Wildman–Crippen MR) is 150 cm³/mol. The number of aliphatic hydroxyl groups is 2. The maximum absolute atomic E-state index is 13.9. The number of ether oxygens (including phenoxy) is 2. The molecule has 1 fully saturated rings. The van der Waals surface area contributed by atoms with E-state index in [1.54, 1.807) is 49.4 Å². The van der Waals surface area contributed by atoms with Crippen LogP contribution in [0, 0.1) is 5.92 Å². The number of nitrogens with one attached hydrogen (secondary N) is 1. The molecule has 14 heteroatoms. The Morgan fingerprint density at radius 2 is 1.93 bits per heavy atom. The summed E-state index contributed by atoms with van der Waals surface area (Å²) in [4.78, 5) is 16.6. The highest BCUT2D eigenvalue weighted by molar-refractivity contribution is 7.52. The Hall–Kier alpha value is -3.06. The molecule has 3 aromatic rings. The highest BCUT2D eigenvalue weighted by atomic mass is 31.2. The number of rotatable bonds is 13. The molecule has 1 aromatic carbocycles. The molecule has 1 saturated heterocycles. The summed E-state index contributed by atoms with van der Waals surface area (Å²) in [7, 11) is -4.22. The fraction of sp³-hybridized carbons (Fsp3) is 0.519. The number of hydrogen-bond donors (Lipinski definition) is 4. The van der Waals surface area contributed by atoms with Gasteiger partial charge in [0.1, 0.15) is 47.5 Å². The molecule has 5 N–H and O–H groups in total. The van der Waals surface area contributed by atoms with E-state index in [1.165, 1.54) is 17.8 Å². The van der Waals surface area contributed by atoms with Crippen LogP contribution in [0.1, 0.15) is 46.2 Å². The van der Waals surface area contributed by atoms with Gasteiger partial charge in [0.15, 0.2) is 5.82 Å². The number of aromatic nitrogens is 3. The molecule has 6 atom stereocenters. The lowest BCUT2D eigenvalue weighted by Gasteiger charge is -2.27. The second-order valence-electron chi connectivity index (χ2n) is 10.2. The van der Waals surface area contributed by atoms with Crippen molar-refractivity contribution >= 4 is 25.1 Å². The summed E-state index contributed by atoms with van der Waals surface area (Å²) >= 11 is 0. The van der Waals surface area contributed by atoms with E-state index in [2.05, 4.69) is 15.2 Å². The molecule has 13 nitrogen and oxygen atoms in total. The molecule has 0 unspecified atom stereocenters. The topological polar surface area (TPSA) is 180 Å². The number of benzene rings is 1. The summed E-state index contributed by atoms with van der Waals surface area (Å²) in [6.07, 6.45) is -0.945. The van der Waals surface area contributed by atoms with Crippen molar-refractivity contribution in [3.63, 3.8) is 0 Å². The molecule has 4 rings (SSSR count). The van der Waals surface area contributed by atoms with Gasteiger partial charge in [-0.1, -0.05) is 44.9 Å². The molecule has 1 aliphatic rings. The molecule has 0 bridgehead atoms. The molecular weight excluding hydrogens is 553 g/mol. The fourth-order valence-electron chi connectivity index (χ4n) is 4.68. The Balaban J connectivity index is 1.50. The smallest absolute Gasteiger partial charge is 0.459 e. The minimum Gasteiger partial charge on any atom is -0.464 e. The average molecular weight is 592 g/mol. The second kappa shape index (κ2) is 12.8. The third-order valence-electron chi connectivity index (χ3n) is 7.35. The van der Waals surface area contributed by atoms with E-state index >= 15 is 0 Å². The number of carbonyl (C=O) groups excluding carboxylic acids is 1. The molecular formula is C27H38N5O8P.